The highest BCUT2D eigenvalue weighted by Crippen LogP contribution is 2.21. The standard InChI is InChI=1S/C20H21FN2O3/c1-13-5-4-6-18(14(13)2)26-15(3)20(25)23-22-19(24)12-9-16-7-10-17(21)11-8-16/h4-12,15H,1-3H3,(H,22,24)(H,23,25)/b12-9+/t15-/m1/s1. The molecule has 0 aliphatic heterocycles. The first-order valence-electron chi connectivity index (χ1n) is 8.13. The topological polar surface area (TPSA) is 67.4 Å². The Morgan fingerprint density at radius 2 is 1.77 bits per heavy atom. The quantitative estimate of drug-likeness (QED) is 0.639. The van der Waals surface area contributed by atoms with Gasteiger partial charge in [-0.15, -0.1) is 0 Å². The molecule has 0 aliphatic carbocycles. The van der Waals surface area contributed by atoms with E-state index in [1.807, 2.05) is 26.0 Å². The Bertz CT molecular complexity index is 816. The highest BCUT2D eigenvalue weighted by atomic mass is 19.1. The molecule has 0 saturated heterocycles. The third-order valence-electron chi connectivity index (χ3n) is 3.83. The van der Waals surface area contributed by atoms with Gasteiger partial charge in [0.2, 0.25) is 0 Å². The molecule has 0 bridgehead atoms. The number of benzene rings is 2. The maximum Gasteiger partial charge on any atom is 0.279 e. The summed E-state index contributed by atoms with van der Waals surface area (Å²) in [5, 5.41) is 0. The number of aryl methyl sites for hydroxylation is 1. The molecule has 5 nitrogen and oxygen atoms in total. The summed E-state index contributed by atoms with van der Waals surface area (Å²) >= 11 is 0. The third-order valence-corrected chi connectivity index (χ3v) is 3.83. The van der Waals surface area contributed by atoms with Crippen LogP contribution in [0.1, 0.15) is 23.6 Å². The number of ether oxygens (including phenoxy) is 1. The van der Waals surface area contributed by atoms with Gasteiger partial charge in [-0.1, -0.05) is 24.3 Å². The van der Waals surface area contributed by atoms with E-state index in [1.165, 1.54) is 36.4 Å². The van der Waals surface area contributed by atoms with Crippen molar-refractivity contribution in [2.75, 3.05) is 0 Å². The summed E-state index contributed by atoms with van der Waals surface area (Å²) in [6.45, 7) is 5.47. The van der Waals surface area contributed by atoms with Crippen molar-refractivity contribution >= 4 is 17.9 Å². The van der Waals surface area contributed by atoms with Gasteiger partial charge in [0.1, 0.15) is 11.6 Å². The maximum atomic E-state index is 12.8. The number of hydrogen-bond acceptors (Lipinski definition) is 3. The van der Waals surface area contributed by atoms with Crippen molar-refractivity contribution in [3.05, 3.63) is 71.0 Å². The van der Waals surface area contributed by atoms with Crippen molar-refractivity contribution in [3.8, 4) is 5.75 Å². The Morgan fingerprint density at radius 3 is 2.46 bits per heavy atom. The fraction of sp³-hybridized carbons (Fsp3) is 0.200. The lowest BCUT2D eigenvalue weighted by molar-refractivity contribution is -0.131. The van der Waals surface area contributed by atoms with Gasteiger partial charge in [0, 0.05) is 6.08 Å². The van der Waals surface area contributed by atoms with E-state index in [-0.39, 0.29) is 5.82 Å². The Kier molecular flexibility index (Phi) is 6.49. The zero-order chi connectivity index (χ0) is 19.1. The minimum atomic E-state index is -0.781. The lowest BCUT2D eigenvalue weighted by atomic mass is 10.1. The van der Waals surface area contributed by atoms with Crippen LogP contribution in [-0.2, 0) is 9.59 Å². The van der Waals surface area contributed by atoms with Gasteiger partial charge in [-0.3, -0.25) is 20.4 Å². The lowest BCUT2D eigenvalue weighted by Gasteiger charge is -2.17. The van der Waals surface area contributed by atoms with Gasteiger partial charge in [0.05, 0.1) is 0 Å². The summed E-state index contributed by atoms with van der Waals surface area (Å²) in [5.41, 5.74) is 7.27. The van der Waals surface area contributed by atoms with Gasteiger partial charge in [-0.05, 0) is 61.7 Å². The summed E-state index contributed by atoms with van der Waals surface area (Å²) < 4.78 is 18.5. The van der Waals surface area contributed by atoms with Crippen LogP contribution >= 0.6 is 0 Å². The Balaban J connectivity index is 1.84. The molecule has 2 N–H and O–H groups in total. The number of amides is 2. The van der Waals surface area contributed by atoms with E-state index in [1.54, 1.807) is 13.0 Å². The van der Waals surface area contributed by atoms with Gasteiger partial charge < -0.3 is 4.74 Å². The fourth-order valence-electron chi connectivity index (χ4n) is 2.11. The normalized spacial score (nSPS) is 11.8. The van der Waals surface area contributed by atoms with Crippen LogP contribution in [0.3, 0.4) is 0 Å². The molecule has 26 heavy (non-hydrogen) atoms. The molecule has 0 aromatic heterocycles. The molecule has 0 spiro atoms. The SMILES string of the molecule is Cc1cccc(O[C@H](C)C(=O)NNC(=O)/C=C/c2ccc(F)cc2)c1C. The summed E-state index contributed by atoms with van der Waals surface area (Å²) in [6, 6.07) is 11.3. The molecule has 0 fully saturated rings. The van der Waals surface area contributed by atoms with Crippen molar-refractivity contribution in [1.82, 2.24) is 10.9 Å². The number of halogens is 1. The van der Waals surface area contributed by atoms with E-state index in [2.05, 4.69) is 10.9 Å². The zero-order valence-electron chi connectivity index (χ0n) is 14.9. The molecule has 6 heteroatoms. The van der Waals surface area contributed by atoms with Crippen molar-refractivity contribution in [2.24, 2.45) is 0 Å². The number of rotatable bonds is 5. The second-order valence-electron chi connectivity index (χ2n) is 5.82. The van der Waals surface area contributed by atoms with Gasteiger partial charge in [-0.25, -0.2) is 4.39 Å². The number of carbonyl (C=O) groups excluding carboxylic acids is 2. The first-order valence-corrected chi connectivity index (χ1v) is 8.13. The molecule has 2 aromatic carbocycles. The Labute approximate surface area is 151 Å². The lowest BCUT2D eigenvalue weighted by Crippen LogP contribution is -2.46. The third kappa shape index (κ3) is 5.44. The van der Waals surface area contributed by atoms with E-state index < -0.39 is 17.9 Å². The monoisotopic (exact) mass is 356 g/mol. The molecule has 2 aromatic rings. The minimum absolute atomic E-state index is 0.350. The number of hydrazine groups is 1. The largest absolute Gasteiger partial charge is 0.481 e. The predicted molar refractivity (Wildman–Crippen MR) is 97.7 cm³/mol. The number of nitrogens with one attached hydrogen (secondary N) is 2. The zero-order valence-corrected chi connectivity index (χ0v) is 14.9. The molecule has 1 atom stereocenters. The predicted octanol–water partition coefficient (Wildman–Crippen LogP) is 3.07. The molecule has 0 aliphatic rings. The molecule has 0 radical (unpaired) electrons. The first kappa shape index (κ1) is 19.2. The highest BCUT2D eigenvalue weighted by Gasteiger charge is 2.16. The van der Waals surface area contributed by atoms with Crippen LogP contribution in [0.15, 0.2) is 48.5 Å². The Morgan fingerprint density at radius 1 is 1.08 bits per heavy atom. The average molecular weight is 356 g/mol. The molecule has 2 amide bonds. The maximum absolute atomic E-state index is 12.8. The van der Waals surface area contributed by atoms with E-state index in [4.69, 9.17) is 4.74 Å². The number of carbonyl (C=O) groups is 2. The van der Waals surface area contributed by atoms with Crippen molar-refractivity contribution in [2.45, 2.75) is 26.9 Å². The van der Waals surface area contributed by atoms with Crippen LogP contribution in [-0.4, -0.2) is 17.9 Å². The van der Waals surface area contributed by atoms with E-state index >= 15 is 0 Å². The first-order chi connectivity index (χ1) is 12.4. The van der Waals surface area contributed by atoms with E-state index in [0.29, 0.717) is 11.3 Å². The highest BCUT2D eigenvalue weighted by molar-refractivity contribution is 5.93. The summed E-state index contributed by atoms with van der Waals surface area (Å²) in [4.78, 5) is 23.8. The molecule has 136 valence electrons. The minimum Gasteiger partial charge on any atom is -0.481 e. The molecule has 2 rings (SSSR count). The van der Waals surface area contributed by atoms with Crippen LogP contribution < -0.4 is 15.6 Å². The van der Waals surface area contributed by atoms with E-state index in [9.17, 15) is 14.0 Å². The smallest absolute Gasteiger partial charge is 0.279 e. The molecule has 0 saturated carbocycles. The second-order valence-corrected chi connectivity index (χ2v) is 5.82. The van der Waals surface area contributed by atoms with Crippen molar-refractivity contribution in [3.63, 3.8) is 0 Å². The van der Waals surface area contributed by atoms with Gasteiger partial charge in [0.15, 0.2) is 6.10 Å². The van der Waals surface area contributed by atoms with Crippen LogP contribution in [0.25, 0.3) is 6.08 Å². The molecular weight excluding hydrogens is 335 g/mol. The van der Waals surface area contributed by atoms with Gasteiger partial charge >= 0.3 is 0 Å². The summed E-state index contributed by atoms with van der Waals surface area (Å²) in [7, 11) is 0. The molecule has 0 heterocycles. The van der Waals surface area contributed by atoms with Gasteiger partial charge in [-0.2, -0.15) is 0 Å². The summed E-state index contributed by atoms with van der Waals surface area (Å²) in [5.74, 6) is -0.720. The van der Waals surface area contributed by atoms with Crippen LogP contribution in [0, 0.1) is 19.7 Å². The average Bonchev–Trinajstić information content (AvgIpc) is 2.63. The summed E-state index contributed by atoms with van der Waals surface area (Å²) in [6.07, 6.45) is 1.97. The molecule has 0 unspecified atom stereocenters. The van der Waals surface area contributed by atoms with Crippen LogP contribution in [0.5, 0.6) is 5.75 Å². The second kappa shape index (κ2) is 8.80. The number of hydrogen-bond donors (Lipinski definition) is 2. The fourth-order valence-corrected chi connectivity index (χ4v) is 2.11. The van der Waals surface area contributed by atoms with Crippen molar-refractivity contribution < 1.29 is 18.7 Å². The van der Waals surface area contributed by atoms with Gasteiger partial charge in [0.25, 0.3) is 11.8 Å². The molecular formula is C20H21FN2O3. The van der Waals surface area contributed by atoms with E-state index in [0.717, 1.165) is 11.1 Å². The van der Waals surface area contributed by atoms with Crippen LogP contribution in [0.2, 0.25) is 0 Å². The Hall–Kier alpha value is -3.15. The van der Waals surface area contributed by atoms with Crippen molar-refractivity contribution in [1.29, 1.82) is 0 Å². The van der Waals surface area contributed by atoms with Crippen LogP contribution in [0.4, 0.5) is 4.39 Å².